The lowest BCUT2D eigenvalue weighted by Gasteiger charge is -2.40. The van der Waals surface area contributed by atoms with Crippen LogP contribution < -0.4 is 4.74 Å². The molecule has 0 radical (unpaired) electrons. The second-order valence-electron chi connectivity index (χ2n) is 13.6. The summed E-state index contributed by atoms with van der Waals surface area (Å²) in [5, 5.41) is 0.0532. The van der Waals surface area contributed by atoms with Gasteiger partial charge in [-0.15, -0.1) is 0 Å². The van der Waals surface area contributed by atoms with Gasteiger partial charge in [0.1, 0.15) is 17.8 Å². The van der Waals surface area contributed by atoms with E-state index in [1.165, 1.54) is 0 Å². The minimum atomic E-state index is -2.11. The number of aldehydes is 1. The summed E-state index contributed by atoms with van der Waals surface area (Å²) in [5.41, 5.74) is 1.11. The summed E-state index contributed by atoms with van der Waals surface area (Å²) in [6.45, 7) is 15.3. The van der Waals surface area contributed by atoms with Crippen molar-refractivity contribution in [1.29, 1.82) is 0 Å². The van der Waals surface area contributed by atoms with E-state index in [1.54, 1.807) is 0 Å². The zero-order chi connectivity index (χ0) is 30.2. The Kier molecular flexibility index (Phi) is 12.1. The Morgan fingerprint density at radius 2 is 1.69 bits per heavy atom. The van der Waals surface area contributed by atoms with Crippen molar-refractivity contribution in [2.24, 2.45) is 11.8 Å². The monoisotopic (exact) mass is 602 g/mol. The maximum Gasteiger partial charge on any atom is 0.199 e. The van der Waals surface area contributed by atoms with Gasteiger partial charge < -0.3 is 32.9 Å². The maximum absolute atomic E-state index is 12.2. The van der Waals surface area contributed by atoms with Gasteiger partial charge in [-0.1, -0.05) is 39.0 Å². The molecule has 0 N–H and O–H groups in total. The molecule has 1 saturated carbocycles. The van der Waals surface area contributed by atoms with Crippen LogP contribution in [0, 0.1) is 18.8 Å². The van der Waals surface area contributed by atoms with Crippen LogP contribution in [0.2, 0.25) is 18.1 Å². The molecule has 0 bridgehead atoms. The van der Waals surface area contributed by atoms with Crippen molar-refractivity contribution >= 4 is 14.6 Å². The van der Waals surface area contributed by atoms with Gasteiger partial charge >= 0.3 is 0 Å². The van der Waals surface area contributed by atoms with E-state index in [2.05, 4.69) is 52.9 Å². The first-order valence-corrected chi connectivity index (χ1v) is 19.0. The Morgan fingerprint density at radius 3 is 2.31 bits per heavy atom. The summed E-state index contributed by atoms with van der Waals surface area (Å²) < 4.78 is 38.7. The number of carbonyl (C=O) groups is 1. The van der Waals surface area contributed by atoms with E-state index >= 15 is 0 Å². The third kappa shape index (κ3) is 8.91. The molecule has 2 unspecified atom stereocenters. The fraction of sp³-hybridized carbons (Fsp3) is 0.735. The van der Waals surface area contributed by atoms with Crippen LogP contribution in [0.15, 0.2) is 36.1 Å². The second kappa shape index (κ2) is 15.3. The van der Waals surface area contributed by atoms with Crippen LogP contribution in [0.5, 0.6) is 5.75 Å². The Balaban J connectivity index is 1.62. The molecule has 4 rings (SSSR count). The molecule has 1 aliphatic carbocycles. The summed E-state index contributed by atoms with van der Waals surface area (Å²) >= 11 is 0. The average molecular weight is 603 g/mol. The first-order valence-electron chi connectivity index (χ1n) is 16.1. The molecule has 2 saturated heterocycles. The van der Waals surface area contributed by atoms with Gasteiger partial charge in [0.15, 0.2) is 20.9 Å². The van der Waals surface area contributed by atoms with Crippen LogP contribution in [0.25, 0.3) is 0 Å². The number of hydrogen-bond donors (Lipinski definition) is 0. The lowest BCUT2D eigenvalue weighted by molar-refractivity contribution is -0.201. The summed E-state index contributed by atoms with van der Waals surface area (Å²) in [5.74, 6) is 1.53. The fourth-order valence-corrected chi connectivity index (χ4v) is 7.39. The number of aryl methyl sites for hydroxylation is 1. The molecule has 2 aliphatic heterocycles. The van der Waals surface area contributed by atoms with Crippen LogP contribution in [0.1, 0.15) is 84.1 Å². The molecule has 2 heterocycles. The van der Waals surface area contributed by atoms with Crippen molar-refractivity contribution in [3.05, 3.63) is 41.7 Å². The van der Waals surface area contributed by atoms with Crippen molar-refractivity contribution < 1.29 is 32.9 Å². The van der Waals surface area contributed by atoms with Gasteiger partial charge in [-0.05, 0) is 81.3 Å². The van der Waals surface area contributed by atoms with E-state index < -0.39 is 8.32 Å². The fourth-order valence-electron chi connectivity index (χ4n) is 6.01. The highest BCUT2D eigenvalue weighted by molar-refractivity contribution is 6.74. The summed E-state index contributed by atoms with van der Waals surface area (Å²) in [4.78, 5) is 12.2. The maximum atomic E-state index is 12.2. The quantitative estimate of drug-likeness (QED) is 0.0991. The van der Waals surface area contributed by atoms with E-state index in [4.69, 9.17) is 28.1 Å². The number of carbonyl (C=O) groups excluding carboxylic acids is 1. The van der Waals surface area contributed by atoms with Crippen LogP contribution in [0.4, 0.5) is 0 Å². The molecule has 8 heteroatoms. The second-order valence-corrected chi connectivity index (χ2v) is 18.4. The van der Waals surface area contributed by atoms with Gasteiger partial charge in [0.25, 0.3) is 0 Å². The van der Waals surface area contributed by atoms with Crippen molar-refractivity contribution in [3.63, 3.8) is 0 Å². The molecule has 1 aromatic rings. The standard InChI is InChI=1S/C34H54O7Si/c1-25-14-7-8-15-27(25)36-23-13-16-28(39-31-17-9-11-21-37-31)33-26(19-20-35)29(41-42(5,6)34(2,3)4)24-30(33)40-32-18-10-12-22-38-32/h7-8,14-16,20,26,29-33H,9-13,17-19,21-24H2,1-6H3/b28-16+/t26-,29-,30+,31?,32?,33+/m1/s1. The van der Waals surface area contributed by atoms with E-state index in [0.717, 1.165) is 68.5 Å². The third-order valence-electron chi connectivity index (χ3n) is 9.44. The van der Waals surface area contributed by atoms with Crippen molar-refractivity contribution in [3.8, 4) is 5.75 Å². The molecule has 236 valence electrons. The van der Waals surface area contributed by atoms with E-state index in [9.17, 15) is 4.79 Å². The normalized spacial score (nSPS) is 29.3. The number of hydrogen-bond acceptors (Lipinski definition) is 7. The topological polar surface area (TPSA) is 72.5 Å². The SMILES string of the molecule is Cc1ccccc1OCC/C=C(/OC1CCCCO1)[C@@H]1[C@H](CC=O)[C@H](O[Si](C)(C)C(C)(C)C)C[C@@H]1OC1CCCCO1. The molecule has 6 atom stereocenters. The molecule has 42 heavy (non-hydrogen) atoms. The third-order valence-corrected chi connectivity index (χ3v) is 13.9. The van der Waals surface area contributed by atoms with E-state index in [1.807, 2.05) is 18.2 Å². The zero-order valence-corrected chi connectivity index (χ0v) is 27.8. The highest BCUT2D eigenvalue weighted by Crippen LogP contribution is 2.47. The summed E-state index contributed by atoms with van der Waals surface area (Å²) in [6.07, 6.45) is 10.1. The molecule has 7 nitrogen and oxygen atoms in total. The first kappa shape index (κ1) is 33.2. The zero-order valence-electron chi connectivity index (χ0n) is 26.8. The smallest absolute Gasteiger partial charge is 0.199 e. The molecule has 1 aromatic carbocycles. The largest absolute Gasteiger partial charge is 0.493 e. The predicted octanol–water partition coefficient (Wildman–Crippen LogP) is 7.72. The van der Waals surface area contributed by atoms with Crippen LogP contribution in [-0.2, 0) is 28.2 Å². The van der Waals surface area contributed by atoms with Gasteiger partial charge in [0.05, 0.1) is 25.4 Å². The predicted molar refractivity (Wildman–Crippen MR) is 167 cm³/mol. The van der Waals surface area contributed by atoms with Crippen molar-refractivity contribution in [2.75, 3.05) is 19.8 Å². The Hall–Kier alpha value is -1.71. The van der Waals surface area contributed by atoms with Gasteiger partial charge in [0, 0.05) is 37.7 Å². The van der Waals surface area contributed by atoms with Crippen LogP contribution in [-0.4, -0.2) is 59.2 Å². The lowest BCUT2D eigenvalue weighted by Crippen LogP contribution is -2.45. The highest BCUT2D eigenvalue weighted by atomic mass is 28.4. The Bertz CT molecular complexity index is 1010. The van der Waals surface area contributed by atoms with Gasteiger partial charge in [-0.2, -0.15) is 0 Å². The van der Waals surface area contributed by atoms with Crippen LogP contribution in [0.3, 0.4) is 0 Å². The van der Waals surface area contributed by atoms with E-state index in [0.29, 0.717) is 32.5 Å². The molecule has 0 spiro atoms. The Morgan fingerprint density at radius 1 is 1.00 bits per heavy atom. The number of ether oxygens (including phenoxy) is 5. The number of rotatable bonds is 13. The van der Waals surface area contributed by atoms with Crippen LogP contribution >= 0.6 is 0 Å². The minimum Gasteiger partial charge on any atom is -0.493 e. The minimum absolute atomic E-state index is 0.0532. The number of para-hydroxylation sites is 1. The van der Waals surface area contributed by atoms with Crippen molar-refractivity contribution in [1.82, 2.24) is 0 Å². The molecule has 3 aliphatic rings. The summed E-state index contributed by atoms with van der Waals surface area (Å²) in [6, 6.07) is 8.07. The number of benzene rings is 1. The van der Waals surface area contributed by atoms with Gasteiger partial charge in [-0.25, -0.2) is 0 Å². The first-order chi connectivity index (χ1) is 20.1. The molecular formula is C34H54O7Si. The lowest BCUT2D eigenvalue weighted by atomic mass is 9.88. The highest BCUT2D eigenvalue weighted by Gasteiger charge is 2.51. The Labute approximate surface area is 254 Å². The molecular weight excluding hydrogens is 548 g/mol. The summed E-state index contributed by atoms with van der Waals surface area (Å²) in [7, 11) is -2.11. The average Bonchev–Trinajstić information content (AvgIpc) is 3.27. The van der Waals surface area contributed by atoms with Gasteiger partial charge in [0.2, 0.25) is 0 Å². The van der Waals surface area contributed by atoms with E-state index in [-0.39, 0.29) is 41.7 Å². The van der Waals surface area contributed by atoms with Crippen molar-refractivity contribution in [2.45, 2.75) is 128 Å². The molecule has 3 fully saturated rings. The van der Waals surface area contributed by atoms with Gasteiger partial charge in [-0.3, -0.25) is 0 Å². The molecule has 0 amide bonds. The molecule has 0 aromatic heterocycles.